The highest BCUT2D eigenvalue weighted by Gasteiger charge is 2.19. The highest BCUT2D eigenvalue weighted by Crippen LogP contribution is 2.25. The van der Waals surface area contributed by atoms with Crippen molar-refractivity contribution >= 4 is 22.4 Å². The molecule has 2 aromatic heterocycles. The third-order valence-electron chi connectivity index (χ3n) is 3.68. The summed E-state index contributed by atoms with van der Waals surface area (Å²) < 4.78 is 5.82. The summed E-state index contributed by atoms with van der Waals surface area (Å²) in [6.45, 7) is 0. The Hall–Kier alpha value is -2.46. The van der Waals surface area contributed by atoms with Crippen molar-refractivity contribution in [3.8, 4) is 18.1 Å². The zero-order chi connectivity index (χ0) is 16.8. The quantitative estimate of drug-likeness (QED) is 0.783. The third-order valence-corrected chi connectivity index (χ3v) is 4.58. The lowest BCUT2D eigenvalue weighted by Crippen LogP contribution is -2.24. The predicted octanol–water partition coefficient (Wildman–Crippen LogP) is 2.61. The molecular weight excluding hydrogens is 324 g/mol. The van der Waals surface area contributed by atoms with Crippen LogP contribution < -0.4 is 10.1 Å². The van der Waals surface area contributed by atoms with Gasteiger partial charge in [-0.2, -0.15) is 0 Å². The van der Waals surface area contributed by atoms with Crippen LogP contribution in [0.3, 0.4) is 0 Å². The van der Waals surface area contributed by atoms with Gasteiger partial charge in [0, 0.05) is 25.1 Å². The minimum Gasteiger partial charge on any atom is -0.490 e. The van der Waals surface area contributed by atoms with E-state index in [-0.39, 0.29) is 12.3 Å². The van der Waals surface area contributed by atoms with Crippen molar-refractivity contribution in [2.75, 3.05) is 5.32 Å². The molecule has 1 amide bonds. The van der Waals surface area contributed by atoms with Crippen LogP contribution in [-0.2, 0) is 17.6 Å². The van der Waals surface area contributed by atoms with Gasteiger partial charge in [0.1, 0.15) is 10.8 Å². The van der Waals surface area contributed by atoms with Gasteiger partial charge in [-0.05, 0) is 25.3 Å². The number of terminal acetylenes is 1. The smallest absolute Gasteiger partial charge is 0.232 e. The lowest BCUT2D eigenvalue weighted by Gasteiger charge is -2.26. The van der Waals surface area contributed by atoms with Crippen LogP contribution in [0.2, 0.25) is 0 Å². The first-order chi connectivity index (χ1) is 11.7. The number of rotatable bonds is 7. The zero-order valence-electron chi connectivity index (χ0n) is 13.2. The maximum atomic E-state index is 12.1. The fourth-order valence-electron chi connectivity index (χ4n) is 2.22. The molecule has 0 saturated heterocycles. The van der Waals surface area contributed by atoms with E-state index in [1.807, 2.05) is 12.1 Å². The second kappa shape index (κ2) is 7.88. The van der Waals surface area contributed by atoms with Crippen molar-refractivity contribution in [1.82, 2.24) is 15.2 Å². The number of anilines is 1. The number of nitrogens with zero attached hydrogens (tertiary/aromatic N) is 3. The minimum absolute atomic E-state index is 0.168. The molecule has 2 heterocycles. The number of aryl methyl sites for hydroxylation is 1. The van der Waals surface area contributed by atoms with E-state index in [0.29, 0.717) is 29.8 Å². The topological polar surface area (TPSA) is 77.0 Å². The number of aromatic nitrogens is 3. The Balaban J connectivity index is 1.53. The Kier molecular flexibility index (Phi) is 5.39. The Morgan fingerprint density at radius 1 is 1.46 bits per heavy atom. The molecule has 2 aromatic rings. The maximum absolute atomic E-state index is 12.1. The van der Waals surface area contributed by atoms with Crippen LogP contribution in [0.25, 0.3) is 0 Å². The Bertz CT molecular complexity index is 749. The normalized spacial score (nSPS) is 13.8. The van der Waals surface area contributed by atoms with Gasteiger partial charge in [-0.15, -0.1) is 22.5 Å². The molecule has 0 radical (unpaired) electrons. The number of hydrogen-bond acceptors (Lipinski definition) is 6. The maximum Gasteiger partial charge on any atom is 0.232 e. The van der Waals surface area contributed by atoms with Gasteiger partial charge < -0.3 is 10.1 Å². The number of pyridine rings is 1. The molecule has 0 atom stereocenters. The summed E-state index contributed by atoms with van der Waals surface area (Å²) in [4.78, 5) is 16.3. The van der Waals surface area contributed by atoms with Crippen LogP contribution >= 0.6 is 11.3 Å². The number of carbonyl (C=O) groups is 1. The molecule has 0 unspecified atom stereocenters. The van der Waals surface area contributed by atoms with Gasteiger partial charge in [0.05, 0.1) is 18.2 Å². The van der Waals surface area contributed by atoms with E-state index in [9.17, 15) is 4.79 Å². The van der Waals surface area contributed by atoms with Crippen LogP contribution in [0, 0.1) is 12.3 Å². The number of ether oxygens (including phenoxy) is 1. The largest absolute Gasteiger partial charge is 0.490 e. The van der Waals surface area contributed by atoms with Crippen molar-refractivity contribution < 1.29 is 9.53 Å². The Morgan fingerprint density at radius 2 is 2.33 bits per heavy atom. The lowest BCUT2D eigenvalue weighted by molar-refractivity contribution is -0.115. The van der Waals surface area contributed by atoms with Crippen molar-refractivity contribution in [3.05, 3.63) is 29.0 Å². The first-order valence-corrected chi connectivity index (χ1v) is 8.72. The van der Waals surface area contributed by atoms with E-state index in [1.54, 1.807) is 6.20 Å². The van der Waals surface area contributed by atoms with E-state index in [1.165, 1.54) is 17.8 Å². The van der Waals surface area contributed by atoms with Gasteiger partial charge in [0.2, 0.25) is 11.0 Å². The van der Waals surface area contributed by atoms with E-state index in [0.717, 1.165) is 23.6 Å². The average molecular weight is 342 g/mol. The van der Waals surface area contributed by atoms with Crippen molar-refractivity contribution in [2.24, 2.45) is 0 Å². The summed E-state index contributed by atoms with van der Waals surface area (Å²) in [5, 5.41) is 12.0. The fraction of sp³-hybridized carbons (Fsp3) is 0.412. The molecule has 1 fully saturated rings. The monoisotopic (exact) mass is 342 g/mol. The first kappa shape index (κ1) is 16.4. The zero-order valence-corrected chi connectivity index (χ0v) is 14.0. The van der Waals surface area contributed by atoms with Crippen LogP contribution in [0.15, 0.2) is 18.3 Å². The molecule has 1 N–H and O–H groups in total. The van der Waals surface area contributed by atoms with Crippen LogP contribution in [-0.4, -0.2) is 27.2 Å². The SMILES string of the molecule is C#CCCc1nnc(NC(=O)Cc2cc(OC3CCC3)ccn2)s1. The van der Waals surface area contributed by atoms with Crippen molar-refractivity contribution in [3.63, 3.8) is 0 Å². The van der Waals surface area contributed by atoms with Gasteiger partial charge >= 0.3 is 0 Å². The van der Waals surface area contributed by atoms with Gasteiger partial charge in [-0.3, -0.25) is 9.78 Å². The molecule has 7 heteroatoms. The molecule has 24 heavy (non-hydrogen) atoms. The highest BCUT2D eigenvalue weighted by atomic mass is 32.1. The van der Waals surface area contributed by atoms with E-state index >= 15 is 0 Å². The molecule has 3 rings (SSSR count). The Labute approximate surface area is 144 Å². The molecule has 1 aliphatic carbocycles. The third kappa shape index (κ3) is 4.52. The average Bonchev–Trinajstić information content (AvgIpc) is 2.96. The molecule has 124 valence electrons. The van der Waals surface area contributed by atoms with Crippen LogP contribution in [0.5, 0.6) is 5.75 Å². The summed E-state index contributed by atoms with van der Waals surface area (Å²) >= 11 is 1.34. The lowest BCUT2D eigenvalue weighted by atomic mass is 9.96. The highest BCUT2D eigenvalue weighted by molar-refractivity contribution is 7.15. The Morgan fingerprint density at radius 3 is 3.08 bits per heavy atom. The summed E-state index contributed by atoms with van der Waals surface area (Å²) in [5.41, 5.74) is 0.668. The summed E-state index contributed by atoms with van der Waals surface area (Å²) in [5.74, 6) is 3.15. The number of hydrogen-bond donors (Lipinski definition) is 1. The standard InChI is InChI=1S/C17H18N4O2S/c1-2-3-7-16-20-21-17(24-16)19-15(22)11-12-10-14(8-9-18-12)23-13-5-4-6-13/h1,8-10,13H,3-7,11H2,(H,19,21,22). The van der Waals surface area contributed by atoms with Crippen LogP contribution in [0.1, 0.15) is 36.4 Å². The predicted molar refractivity (Wildman–Crippen MR) is 91.9 cm³/mol. The first-order valence-electron chi connectivity index (χ1n) is 7.90. The van der Waals surface area contributed by atoms with Crippen LogP contribution in [0.4, 0.5) is 5.13 Å². The van der Waals surface area contributed by atoms with E-state index in [4.69, 9.17) is 11.2 Å². The molecule has 1 aliphatic rings. The molecule has 0 aliphatic heterocycles. The van der Waals surface area contributed by atoms with Gasteiger partial charge in [0.15, 0.2) is 0 Å². The second-order valence-electron chi connectivity index (χ2n) is 5.58. The number of amides is 1. The molecule has 1 saturated carbocycles. The summed E-state index contributed by atoms with van der Waals surface area (Å²) in [6.07, 6.45) is 12.1. The van der Waals surface area contributed by atoms with E-state index < -0.39 is 0 Å². The molecule has 6 nitrogen and oxygen atoms in total. The number of carbonyl (C=O) groups excluding carboxylic acids is 1. The molecular formula is C17H18N4O2S. The summed E-state index contributed by atoms with van der Waals surface area (Å²) in [7, 11) is 0. The van der Waals surface area contributed by atoms with Gasteiger partial charge in [-0.1, -0.05) is 11.3 Å². The van der Waals surface area contributed by atoms with Crippen molar-refractivity contribution in [2.45, 2.75) is 44.6 Å². The minimum atomic E-state index is -0.178. The number of nitrogens with one attached hydrogen (secondary N) is 1. The molecule has 0 aromatic carbocycles. The van der Waals surface area contributed by atoms with Gasteiger partial charge in [0.25, 0.3) is 0 Å². The summed E-state index contributed by atoms with van der Waals surface area (Å²) in [6, 6.07) is 3.64. The van der Waals surface area contributed by atoms with E-state index in [2.05, 4.69) is 26.4 Å². The van der Waals surface area contributed by atoms with Crippen molar-refractivity contribution in [1.29, 1.82) is 0 Å². The second-order valence-corrected chi connectivity index (χ2v) is 6.65. The molecule has 0 spiro atoms. The fourth-order valence-corrected chi connectivity index (χ4v) is 2.97. The molecule has 0 bridgehead atoms. The van der Waals surface area contributed by atoms with Gasteiger partial charge in [-0.25, -0.2) is 0 Å².